The van der Waals surface area contributed by atoms with Gasteiger partial charge in [0.15, 0.2) is 0 Å². The van der Waals surface area contributed by atoms with Crippen LogP contribution in [0.2, 0.25) is 0 Å². The van der Waals surface area contributed by atoms with Gasteiger partial charge in [-0.3, -0.25) is 0 Å². The first-order chi connectivity index (χ1) is 6.27. The molecule has 0 fully saturated rings. The van der Waals surface area contributed by atoms with E-state index in [1.54, 1.807) is 0 Å². The van der Waals surface area contributed by atoms with Crippen LogP contribution in [0.15, 0.2) is 0 Å². The van der Waals surface area contributed by atoms with E-state index in [9.17, 15) is 0 Å². The molecule has 86 valence electrons. The van der Waals surface area contributed by atoms with Crippen molar-refractivity contribution in [1.29, 1.82) is 0 Å². The molecule has 1 heteroatoms. The number of ether oxygens (including phenoxy) is 1. The highest BCUT2D eigenvalue weighted by molar-refractivity contribution is 4.74. The molecule has 0 heterocycles. The molecule has 0 amide bonds. The van der Waals surface area contributed by atoms with Crippen molar-refractivity contribution in [2.45, 2.75) is 84.8 Å². The Hall–Kier alpha value is -0.0400. The summed E-state index contributed by atoms with van der Waals surface area (Å²) in [5, 5.41) is 0. The zero-order chi connectivity index (χ0) is 11.2. The fourth-order valence-electron chi connectivity index (χ4n) is 1.86. The lowest BCUT2D eigenvalue weighted by Gasteiger charge is -2.33. The van der Waals surface area contributed by atoms with E-state index < -0.39 is 0 Å². The minimum atomic E-state index is -0.0196. The first kappa shape index (κ1) is 14.0. The normalized spacial score (nSPS) is 13.3. The molecule has 0 aliphatic heterocycles. The van der Waals surface area contributed by atoms with Crippen molar-refractivity contribution in [3.05, 3.63) is 0 Å². The van der Waals surface area contributed by atoms with Crippen LogP contribution >= 0.6 is 0 Å². The highest BCUT2D eigenvalue weighted by atomic mass is 16.5. The molecule has 0 aromatic heterocycles. The Morgan fingerprint density at radius 3 is 1.86 bits per heavy atom. The summed E-state index contributed by atoms with van der Waals surface area (Å²) in [5.41, 5.74) is 0.0141. The first-order valence-electron chi connectivity index (χ1n) is 5.97. The first-order valence-corrected chi connectivity index (χ1v) is 5.97. The molecule has 0 bridgehead atoms. The van der Waals surface area contributed by atoms with E-state index in [2.05, 4.69) is 41.5 Å². The van der Waals surface area contributed by atoms with Crippen molar-refractivity contribution in [2.24, 2.45) is 0 Å². The summed E-state index contributed by atoms with van der Waals surface area (Å²) in [6, 6.07) is 0. The molecule has 0 aliphatic carbocycles. The molecule has 0 saturated carbocycles. The standard InChI is InChI=1S/C13H28O/c1-7-8-9-10-11-13(5,6)14-12(2,3)4/h7-11H2,1-6H3. The summed E-state index contributed by atoms with van der Waals surface area (Å²) in [6.45, 7) is 13.0. The number of hydrogen-bond donors (Lipinski definition) is 0. The summed E-state index contributed by atoms with van der Waals surface area (Å²) >= 11 is 0. The van der Waals surface area contributed by atoms with Gasteiger partial charge in [-0.05, 0) is 41.0 Å². The van der Waals surface area contributed by atoms with E-state index >= 15 is 0 Å². The maximum Gasteiger partial charge on any atom is 0.0633 e. The molecule has 0 rings (SSSR count). The maximum absolute atomic E-state index is 6.01. The molecule has 0 aliphatic rings. The van der Waals surface area contributed by atoms with E-state index in [-0.39, 0.29) is 11.2 Å². The predicted octanol–water partition coefficient (Wildman–Crippen LogP) is 4.55. The van der Waals surface area contributed by atoms with Gasteiger partial charge in [-0.25, -0.2) is 0 Å². The number of rotatable bonds is 6. The quantitative estimate of drug-likeness (QED) is 0.571. The second-order valence-electron chi connectivity index (χ2n) is 5.78. The van der Waals surface area contributed by atoms with E-state index in [1.165, 1.54) is 32.1 Å². The molecule has 0 aromatic rings. The van der Waals surface area contributed by atoms with Crippen molar-refractivity contribution in [1.82, 2.24) is 0 Å². The maximum atomic E-state index is 6.01. The fraction of sp³-hybridized carbons (Fsp3) is 1.00. The van der Waals surface area contributed by atoms with Crippen LogP contribution in [-0.4, -0.2) is 11.2 Å². The van der Waals surface area contributed by atoms with Crippen molar-refractivity contribution in [2.75, 3.05) is 0 Å². The second kappa shape index (κ2) is 5.75. The van der Waals surface area contributed by atoms with Crippen LogP contribution in [0.5, 0.6) is 0 Å². The smallest absolute Gasteiger partial charge is 0.0633 e. The van der Waals surface area contributed by atoms with Gasteiger partial charge in [0.2, 0.25) is 0 Å². The van der Waals surface area contributed by atoms with Gasteiger partial charge in [0.05, 0.1) is 11.2 Å². The van der Waals surface area contributed by atoms with E-state index in [4.69, 9.17) is 4.74 Å². The summed E-state index contributed by atoms with van der Waals surface area (Å²) in [7, 11) is 0. The third-order valence-corrected chi connectivity index (χ3v) is 2.21. The minimum Gasteiger partial charge on any atom is -0.370 e. The van der Waals surface area contributed by atoms with Gasteiger partial charge in [-0.2, -0.15) is 0 Å². The Bertz CT molecular complexity index is 142. The Morgan fingerprint density at radius 2 is 1.43 bits per heavy atom. The molecule has 0 aromatic carbocycles. The Morgan fingerprint density at radius 1 is 0.857 bits per heavy atom. The zero-order valence-corrected chi connectivity index (χ0v) is 10.9. The SMILES string of the molecule is CCCCCCC(C)(C)OC(C)(C)C. The molecule has 0 atom stereocenters. The number of hydrogen-bond acceptors (Lipinski definition) is 1. The Kier molecular flexibility index (Phi) is 5.73. The Labute approximate surface area is 90.2 Å². The fourth-order valence-corrected chi connectivity index (χ4v) is 1.86. The van der Waals surface area contributed by atoms with Gasteiger partial charge < -0.3 is 4.74 Å². The van der Waals surface area contributed by atoms with Crippen LogP contribution in [0.4, 0.5) is 0 Å². The third-order valence-electron chi connectivity index (χ3n) is 2.21. The molecule has 0 saturated heterocycles. The summed E-state index contributed by atoms with van der Waals surface area (Å²) in [4.78, 5) is 0. The average molecular weight is 200 g/mol. The summed E-state index contributed by atoms with van der Waals surface area (Å²) in [5.74, 6) is 0. The molecule has 0 spiro atoms. The van der Waals surface area contributed by atoms with Crippen LogP contribution in [0.3, 0.4) is 0 Å². The van der Waals surface area contributed by atoms with Gasteiger partial charge in [-0.15, -0.1) is 0 Å². The molecule has 14 heavy (non-hydrogen) atoms. The highest BCUT2D eigenvalue weighted by Gasteiger charge is 2.24. The van der Waals surface area contributed by atoms with E-state index in [0.29, 0.717) is 0 Å². The van der Waals surface area contributed by atoms with Gasteiger partial charge in [0, 0.05) is 0 Å². The summed E-state index contributed by atoms with van der Waals surface area (Å²) < 4.78 is 6.01. The Balaban J connectivity index is 3.72. The number of unbranched alkanes of at least 4 members (excludes halogenated alkanes) is 3. The molecular weight excluding hydrogens is 172 g/mol. The molecule has 0 N–H and O–H groups in total. The van der Waals surface area contributed by atoms with Gasteiger partial charge in [0.1, 0.15) is 0 Å². The van der Waals surface area contributed by atoms with Crippen LogP contribution < -0.4 is 0 Å². The lowest BCUT2D eigenvalue weighted by molar-refractivity contribution is -0.116. The van der Waals surface area contributed by atoms with Crippen LogP contribution in [-0.2, 0) is 4.74 Å². The van der Waals surface area contributed by atoms with Crippen molar-refractivity contribution in [3.8, 4) is 0 Å². The third kappa shape index (κ3) is 8.55. The largest absolute Gasteiger partial charge is 0.370 e. The summed E-state index contributed by atoms with van der Waals surface area (Å²) in [6.07, 6.45) is 6.46. The van der Waals surface area contributed by atoms with Gasteiger partial charge in [0.25, 0.3) is 0 Å². The van der Waals surface area contributed by atoms with Crippen LogP contribution in [0, 0.1) is 0 Å². The monoisotopic (exact) mass is 200 g/mol. The lowest BCUT2D eigenvalue weighted by atomic mass is 9.98. The zero-order valence-electron chi connectivity index (χ0n) is 10.9. The molecular formula is C13H28O. The molecule has 0 radical (unpaired) electrons. The average Bonchev–Trinajstić information content (AvgIpc) is 1.93. The van der Waals surface area contributed by atoms with Crippen molar-refractivity contribution < 1.29 is 4.74 Å². The predicted molar refractivity (Wildman–Crippen MR) is 63.7 cm³/mol. The second-order valence-corrected chi connectivity index (χ2v) is 5.78. The van der Waals surface area contributed by atoms with Crippen molar-refractivity contribution in [3.63, 3.8) is 0 Å². The van der Waals surface area contributed by atoms with Gasteiger partial charge in [-0.1, -0.05) is 32.6 Å². The minimum absolute atomic E-state index is 0.0196. The van der Waals surface area contributed by atoms with Gasteiger partial charge >= 0.3 is 0 Å². The molecule has 0 unspecified atom stereocenters. The van der Waals surface area contributed by atoms with Crippen molar-refractivity contribution >= 4 is 0 Å². The van der Waals surface area contributed by atoms with E-state index in [0.717, 1.165) is 0 Å². The van der Waals surface area contributed by atoms with Crippen LogP contribution in [0.1, 0.15) is 73.6 Å². The van der Waals surface area contributed by atoms with E-state index in [1.807, 2.05) is 0 Å². The topological polar surface area (TPSA) is 9.23 Å². The molecule has 1 nitrogen and oxygen atoms in total. The lowest BCUT2D eigenvalue weighted by Crippen LogP contribution is -2.34. The highest BCUT2D eigenvalue weighted by Crippen LogP contribution is 2.25. The van der Waals surface area contributed by atoms with Crippen LogP contribution in [0.25, 0.3) is 0 Å².